The van der Waals surface area contributed by atoms with Crippen LogP contribution in [0.15, 0.2) is 36.4 Å². The molecule has 0 amide bonds. The third kappa shape index (κ3) is 3.61. The molecule has 4 saturated carbocycles. The largest absolute Gasteiger partial charge is 0.396 e. The van der Waals surface area contributed by atoms with Crippen molar-refractivity contribution in [3.63, 3.8) is 0 Å². The number of fused-ring (bicyclic) bond motifs is 8. The van der Waals surface area contributed by atoms with Gasteiger partial charge in [0.2, 0.25) is 0 Å². The van der Waals surface area contributed by atoms with Crippen LogP contribution in [0.1, 0.15) is 110 Å². The van der Waals surface area contributed by atoms with E-state index in [9.17, 15) is 9.50 Å². The van der Waals surface area contributed by atoms with E-state index < -0.39 is 0 Å². The number of nitrogens with zero attached hydrogens (tertiary/aromatic N) is 3. The molecule has 5 heteroatoms. The van der Waals surface area contributed by atoms with E-state index in [0.29, 0.717) is 42.7 Å². The van der Waals surface area contributed by atoms with Gasteiger partial charge in [-0.2, -0.15) is 0 Å². The first kappa shape index (κ1) is 28.7. The molecule has 7 rings (SSSR count). The van der Waals surface area contributed by atoms with E-state index >= 15 is 0 Å². The summed E-state index contributed by atoms with van der Waals surface area (Å²) in [5.74, 6) is 2.80. The molecule has 9 atom stereocenters. The molecular formula is C37H52FN3O. The Balaban J connectivity index is 1.25. The van der Waals surface area contributed by atoms with Gasteiger partial charge < -0.3 is 5.11 Å². The van der Waals surface area contributed by atoms with Crippen molar-refractivity contribution in [1.82, 2.24) is 15.0 Å². The van der Waals surface area contributed by atoms with Crippen molar-refractivity contribution in [3.05, 3.63) is 59.2 Å². The van der Waals surface area contributed by atoms with Crippen molar-refractivity contribution in [2.45, 2.75) is 111 Å². The molecule has 42 heavy (non-hydrogen) atoms. The predicted molar refractivity (Wildman–Crippen MR) is 165 cm³/mol. The maximum Gasteiger partial charge on any atom is 0.123 e. The SMILES string of the molecule is C=C(C)[C@@H]1CC[C@]2(CO)CC[C@]3(C)[C@H](CC[C@@H]4[C@@]5(C)Cc6nnn(Cc7ccc(F)cc7)c6C(C)(C)[C@@H]5CC[C@]43C)[C@@H]12. The Morgan fingerprint density at radius 1 is 0.952 bits per heavy atom. The second kappa shape index (κ2) is 9.25. The van der Waals surface area contributed by atoms with Gasteiger partial charge in [0, 0.05) is 12.0 Å². The summed E-state index contributed by atoms with van der Waals surface area (Å²) in [4.78, 5) is 0. The van der Waals surface area contributed by atoms with Crippen LogP contribution in [0, 0.1) is 57.1 Å². The summed E-state index contributed by atoms with van der Waals surface area (Å²) >= 11 is 0. The molecule has 4 fully saturated rings. The van der Waals surface area contributed by atoms with E-state index in [1.54, 1.807) is 12.1 Å². The highest BCUT2D eigenvalue weighted by molar-refractivity contribution is 5.33. The smallest absolute Gasteiger partial charge is 0.123 e. The van der Waals surface area contributed by atoms with Gasteiger partial charge in [-0.3, -0.25) is 0 Å². The van der Waals surface area contributed by atoms with Crippen molar-refractivity contribution >= 4 is 0 Å². The molecule has 1 aromatic carbocycles. The molecular weight excluding hydrogens is 521 g/mol. The Labute approximate surface area is 252 Å². The van der Waals surface area contributed by atoms with Gasteiger partial charge in [0.1, 0.15) is 5.82 Å². The molecule has 5 aliphatic carbocycles. The van der Waals surface area contributed by atoms with Crippen LogP contribution in [-0.4, -0.2) is 26.7 Å². The van der Waals surface area contributed by atoms with Gasteiger partial charge in [0.25, 0.3) is 0 Å². The lowest BCUT2D eigenvalue weighted by atomic mass is 9.32. The Morgan fingerprint density at radius 2 is 1.69 bits per heavy atom. The molecule has 1 N–H and O–H groups in total. The van der Waals surface area contributed by atoms with Crippen LogP contribution in [0.4, 0.5) is 4.39 Å². The Bertz CT molecular complexity index is 1400. The zero-order chi connectivity index (χ0) is 29.9. The fraction of sp³-hybridized carbons (Fsp3) is 0.730. The van der Waals surface area contributed by atoms with Crippen LogP contribution >= 0.6 is 0 Å². The van der Waals surface area contributed by atoms with Crippen molar-refractivity contribution < 1.29 is 9.50 Å². The molecule has 5 aliphatic rings. The normalized spacial score (nSPS) is 43.5. The first-order valence-corrected chi connectivity index (χ1v) is 16.7. The Kier molecular flexibility index (Phi) is 6.33. The zero-order valence-corrected chi connectivity index (χ0v) is 26.8. The third-order valence-corrected chi connectivity index (χ3v) is 14.9. The summed E-state index contributed by atoms with van der Waals surface area (Å²) in [7, 11) is 0. The second-order valence-corrected chi connectivity index (χ2v) is 16.8. The molecule has 2 aromatic rings. The van der Waals surface area contributed by atoms with Gasteiger partial charge in [-0.15, -0.1) is 5.10 Å². The predicted octanol–water partition coefficient (Wildman–Crippen LogP) is 8.13. The van der Waals surface area contributed by atoms with Gasteiger partial charge in [0.15, 0.2) is 0 Å². The molecule has 0 spiro atoms. The average Bonchev–Trinajstić information content (AvgIpc) is 3.52. The molecule has 0 aliphatic heterocycles. The lowest BCUT2D eigenvalue weighted by Crippen LogP contribution is -2.66. The van der Waals surface area contributed by atoms with E-state index in [-0.39, 0.29) is 32.9 Å². The number of benzene rings is 1. The summed E-state index contributed by atoms with van der Waals surface area (Å²) in [6.07, 6.45) is 10.9. The van der Waals surface area contributed by atoms with Crippen LogP contribution in [0.25, 0.3) is 0 Å². The van der Waals surface area contributed by atoms with Crippen molar-refractivity contribution in [3.8, 4) is 0 Å². The highest BCUT2D eigenvalue weighted by Gasteiger charge is 2.71. The maximum atomic E-state index is 13.6. The van der Waals surface area contributed by atoms with Gasteiger partial charge in [-0.05, 0) is 134 Å². The number of halogens is 1. The zero-order valence-electron chi connectivity index (χ0n) is 26.8. The molecule has 0 radical (unpaired) electrons. The molecule has 1 aromatic heterocycles. The molecule has 0 unspecified atom stereocenters. The summed E-state index contributed by atoms with van der Waals surface area (Å²) < 4.78 is 15.7. The minimum absolute atomic E-state index is 0.0416. The number of allylic oxidation sites excluding steroid dienone is 1. The lowest BCUT2D eigenvalue weighted by Gasteiger charge is -2.72. The van der Waals surface area contributed by atoms with Gasteiger partial charge in [-0.25, -0.2) is 9.07 Å². The maximum absolute atomic E-state index is 13.6. The number of rotatable bonds is 4. The fourth-order valence-electron chi connectivity index (χ4n) is 12.9. The van der Waals surface area contributed by atoms with E-state index in [1.807, 2.05) is 12.1 Å². The summed E-state index contributed by atoms with van der Waals surface area (Å²) in [5.41, 5.74) is 5.64. The molecule has 0 bridgehead atoms. The van der Waals surface area contributed by atoms with Gasteiger partial charge >= 0.3 is 0 Å². The van der Waals surface area contributed by atoms with Gasteiger partial charge in [-0.1, -0.05) is 64.1 Å². The number of aromatic nitrogens is 3. The standard InChI is InChI=1S/C37H52FN3O/c1-23(2)26-14-17-37(22-42)19-18-35(6)27(31(26)37)12-13-30-34(5)20-28-32(33(3,4)29(34)15-16-36(30,35)7)41(40-39-28)21-24-8-10-25(38)11-9-24/h8-11,26-27,29-31,42H,1,12-22H2,2-7H3/t26-,27+,29-,30+,31+,34-,35+,36+,37+/m0/s1. The highest BCUT2D eigenvalue weighted by Crippen LogP contribution is 2.77. The number of aliphatic hydroxyl groups is 1. The topological polar surface area (TPSA) is 50.9 Å². The Hall–Kier alpha value is -2.01. The fourth-order valence-corrected chi connectivity index (χ4v) is 12.9. The van der Waals surface area contributed by atoms with Crippen LogP contribution < -0.4 is 0 Å². The van der Waals surface area contributed by atoms with E-state index in [0.717, 1.165) is 12.0 Å². The minimum atomic E-state index is -0.202. The monoisotopic (exact) mass is 573 g/mol. The minimum Gasteiger partial charge on any atom is -0.396 e. The lowest BCUT2D eigenvalue weighted by molar-refractivity contribution is -0.228. The van der Waals surface area contributed by atoms with Crippen molar-refractivity contribution in [2.24, 2.45) is 51.2 Å². The van der Waals surface area contributed by atoms with Crippen LogP contribution in [0.3, 0.4) is 0 Å². The number of hydrogen-bond donors (Lipinski definition) is 1. The second-order valence-electron chi connectivity index (χ2n) is 16.8. The van der Waals surface area contributed by atoms with Crippen LogP contribution in [0.5, 0.6) is 0 Å². The molecule has 4 nitrogen and oxygen atoms in total. The van der Waals surface area contributed by atoms with E-state index in [1.165, 1.54) is 68.3 Å². The van der Waals surface area contributed by atoms with Gasteiger partial charge in [0.05, 0.1) is 17.9 Å². The van der Waals surface area contributed by atoms with Crippen LogP contribution in [0.2, 0.25) is 0 Å². The van der Waals surface area contributed by atoms with Crippen LogP contribution in [-0.2, 0) is 18.4 Å². The first-order chi connectivity index (χ1) is 19.8. The van der Waals surface area contributed by atoms with Crippen molar-refractivity contribution in [1.29, 1.82) is 0 Å². The van der Waals surface area contributed by atoms with E-state index in [2.05, 4.69) is 52.8 Å². The summed E-state index contributed by atoms with van der Waals surface area (Å²) in [6.45, 7) is 20.5. The van der Waals surface area contributed by atoms with Crippen molar-refractivity contribution in [2.75, 3.05) is 6.61 Å². The molecule has 1 heterocycles. The van der Waals surface area contributed by atoms with E-state index in [4.69, 9.17) is 10.3 Å². The number of hydrogen-bond acceptors (Lipinski definition) is 3. The first-order valence-electron chi connectivity index (χ1n) is 16.7. The summed E-state index contributed by atoms with van der Waals surface area (Å²) in [5, 5.41) is 20.4. The average molecular weight is 574 g/mol. The highest BCUT2D eigenvalue weighted by atomic mass is 19.1. The third-order valence-electron chi connectivity index (χ3n) is 14.9. The molecule has 0 saturated heterocycles. The molecule has 228 valence electrons. The Morgan fingerprint density at radius 3 is 2.38 bits per heavy atom. The summed E-state index contributed by atoms with van der Waals surface area (Å²) in [6, 6.07) is 6.82. The number of aliphatic hydroxyl groups excluding tert-OH is 1. The quantitative estimate of drug-likeness (QED) is 0.376.